The first-order valence-corrected chi connectivity index (χ1v) is 7.92. The molecule has 2 aromatic rings. The second-order valence-corrected chi connectivity index (χ2v) is 5.67. The fraction of sp³-hybridized carbons (Fsp3) is 0.312. The summed E-state index contributed by atoms with van der Waals surface area (Å²) in [6.45, 7) is 1.56. The summed E-state index contributed by atoms with van der Waals surface area (Å²) in [6.07, 6.45) is -4.92. The van der Waals surface area contributed by atoms with Gasteiger partial charge in [0, 0.05) is 5.88 Å². The third kappa shape index (κ3) is 5.48. The maximum absolute atomic E-state index is 12.3. The van der Waals surface area contributed by atoms with Crippen LogP contribution in [-0.4, -0.2) is 28.9 Å². The number of benzene rings is 1. The van der Waals surface area contributed by atoms with Crippen LogP contribution >= 0.6 is 11.6 Å². The zero-order valence-electron chi connectivity index (χ0n) is 13.5. The van der Waals surface area contributed by atoms with E-state index in [1.165, 1.54) is 18.2 Å². The number of carbonyl (C=O) groups is 2. The molecule has 0 bridgehead atoms. The summed E-state index contributed by atoms with van der Waals surface area (Å²) in [5, 5.41) is 2.22. The van der Waals surface area contributed by atoms with Crippen molar-refractivity contribution < 1.29 is 31.9 Å². The van der Waals surface area contributed by atoms with Crippen LogP contribution in [0.1, 0.15) is 23.0 Å². The highest BCUT2D eigenvalue weighted by atomic mass is 35.5. The van der Waals surface area contributed by atoms with Crippen LogP contribution in [0.3, 0.4) is 0 Å². The van der Waals surface area contributed by atoms with Gasteiger partial charge < -0.3 is 9.15 Å². The van der Waals surface area contributed by atoms with Gasteiger partial charge in [-0.25, -0.2) is 0 Å². The quantitative estimate of drug-likeness (QED) is 0.461. The third-order valence-electron chi connectivity index (χ3n) is 3.13. The van der Waals surface area contributed by atoms with Crippen LogP contribution < -0.4 is 10.1 Å². The summed E-state index contributed by atoms with van der Waals surface area (Å²) >= 11 is 5.59. The van der Waals surface area contributed by atoms with Crippen LogP contribution in [0.15, 0.2) is 34.9 Å². The van der Waals surface area contributed by atoms with E-state index in [0.717, 1.165) is 6.26 Å². The Bertz CT molecular complexity index is 792. The first kappa shape index (κ1) is 19.8. The predicted octanol–water partition coefficient (Wildman–Crippen LogP) is 3.81. The van der Waals surface area contributed by atoms with Crippen LogP contribution in [0, 0.1) is 5.92 Å². The lowest BCUT2D eigenvalue weighted by molar-refractivity contribution is -0.137. The van der Waals surface area contributed by atoms with E-state index in [0.29, 0.717) is 0 Å². The normalized spacial score (nSPS) is 12.5. The molecule has 140 valence electrons. The summed E-state index contributed by atoms with van der Waals surface area (Å²) in [5.41, 5.74) is -0.387. The number of hydrogen-bond donors (Lipinski definition) is 1. The number of ether oxygens (including phenoxy) is 1. The van der Waals surface area contributed by atoms with Gasteiger partial charge in [-0.3, -0.25) is 14.9 Å². The molecule has 6 nitrogen and oxygen atoms in total. The molecular formula is C16H14ClF3N2O4. The van der Waals surface area contributed by atoms with E-state index >= 15 is 0 Å². The standard InChI is InChI=1S/C16H14ClF3N2O4/c1-9(7-17)14(24)26-12-5-3-2-4-11(12)13(23)22-15-21-10(8-25-15)6-16(18,19)20/h2-5,8-9H,6-7H2,1H3,(H,21,22,23). The fourth-order valence-corrected chi connectivity index (χ4v) is 1.96. The van der Waals surface area contributed by atoms with E-state index in [9.17, 15) is 22.8 Å². The monoisotopic (exact) mass is 390 g/mol. The lowest BCUT2D eigenvalue weighted by Crippen LogP contribution is -2.21. The summed E-state index contributed by atoms with van der Waals surface area (Å²) in [6, 6.07) is 5.46. The maximum Gasteiger partial charge on any atom is 0.394 e. The highest BCUT2D eigenvalue weighted by Gasteiger charge is 2.29. The molecule has 0 aliphatic carbocycles. The molecule has 0 aliphatic heterocycles. The van der Waals surface area contributed by atoms with Gasteiger partial charge in [0.25, 0.3) is 5.91 Å². The molecule has 26 heavy (non-hydrogen) atoms. The van der Waals surface area contributed by atoms with Gasteiger partial charge in [-0.2, -0.15) is 18.2 Å². The summed E-state index contributed by atoms with van der Waals surface area (Å²) < 4.78 is 46.9. The van der Waals surface area contributed by atoms with E-state index in [-0.39, 0.29) is 22.9 Å². The molecule has 0 spiro atoms. The van der Waals surface area contributed by atoms with Crippen LogP contribution in [0.25, 0.3) is 0 Å². The van der Waals surface area contributed by atoms with Gasteiger partial charge in [0.05, 0.1) is 23.6 Å². The molecule has 0 saturated heterocycles. The van der Waals surface area contributed by atoms with Crippen LogP contribution in [0.4, 0.5) is 19.2 Å². The molecule has 0 fully saturated rings. The number of hydrogen-bond acceptors (Lipinski definition) is 5. The molecule has 1 heterocycles. The number of carbonyl (C=O) groups excluding carboxylic acids is 2. The lowest BCUT2D eigenvalue weighted by Gasteiger charge is -2.11. The van der Waals surface area contributed by atoms with E-state index in [2.05, 4.69) is 10.3 Å². The molecule has 10 heteroatoms. The molecule has 1 N–H and O–H groups in total. The van der Waals surface area contributed by atoms with Crippen molar-refractivity contribution >= 4 is 29.5 Å². The lowest BCUT2D eigenvalue weighted by atomic mass is 10.2. The van der Waals surface area contributed by atoms with Crippen molar-refractivity contribution in [1.29, 1.82) is 0 Å². The Balaban J connectivity index is 2.12. The van der Waals surface area contributed by atoms with Gasteiger partial charge in [0.2, 0.25) is 0 Å². The molecule has 1 unspecified atom stereocenters. The van der Waals surface area contributed by atoms with Crippen molar-refractivity contribution in [3.05, 3.63) is 41.8 Å². The van der Waals surface area contributed by atoms with Crippen molar-refractivity contribution in [2.24, 2.45) is 5.92 Å². The second kappa shape index (κ2) is 8.22. The minimum atomic E-state index is -4.45. The minimum Gasteiger partial charge on any atom is -0.432 e. The first-order chi connectivity index (χ1) is 12.2. The summed E-state index contributed by atoms with van der Waals surface area (Å²) in [7, 11) is 0. The van der Waals surface area contributed by atoms with Crippen molar-refractivity contribution in [2.45, 2.75) is 19.5 Å². The number of para-hydroxylation sites is 1. The van der Waals surface area contributed by atoms with Crippen molar-refractivity contribution in [2.75, 3.05) is 11.2 Å². The first-order valence-electron chi connectivity index (χ1n) is 7.39. The number of nitrogens with zero attached hydrogens (tertiary/aromatic N) is 1. The molecule has 1 aromatic heterocycles. The molecule has 0 aliphatic rings. The summed E-state index contributed by atoms with van der Waals surface area (Å²) in [5.74, 6) is -1.93. The Morgan fingerprint density at radius 2 is 2.04 bits per heavy atom. The van der Waals surface area contributed by atoms with Gasteiger partial charge in [-0.1, -0.05) is 19.1 Å². The molecular weight excluding hydrogens is 377 g/mol. The number of alkyl halides is 4. The number of oxazole rings is 1. The highest BCUT2D eigenvalue weighted by Crippen LogP contribution is 2.23. The van der Waals surface area contributed by atoms with E-state index < -0.39 is 36.4 Å². The average molecular weight is 391 g/mol. The molecule has 1 atom stereocenters. The SMILES string of the molecule is CC(CCl)C(=O)Oc1ccccc1C(=O)Nc1nc(CC(F)(F)F)co1. The Morgan fingerprint density at radius 3 is 2.69 bits per heavy atom. The number of halogens is 4. The van der Waals surface area contributed by atoms with Gasteiger partial charge in [0.15, 0.2) is 0 Å². The van der Waals surface area contributed by atoms with E-state index in [4.69, 9.17) is 20.8 Å². The van der Waals surface area contributed by atoms with Crippen LogP contribution in [0.2, 0.25) is 0 Å². The average Bonchev–Trinajstić information content (AvgIpc) is 2.99. The second-order valence-electron chi connectivity index (χ2n) is 5.36. The largest absolute Gasteiger partial charge is 0.432 e. The number of aromatic nitrogens is 1. The summed E-state index contributed by atoms with van der Waals surface area (Å²) in [4.78, 5) is 27.7. The van der Waals surface area contributed by atoms with Crippen molar-refractivity contribution in [3.63, 3.8) is 0 Å². The molecule has 2 rings (SSSR count). The van der Waals surface area contributed by atoms with E-state index in [1.807, 2.05) is 0 Å². The van der Waals surface area contributed by atoms with E-state index in [1.54, 1.807) is 13.0 Å². The molecule has 0 saturated carbocycles. The van der Waals surface area contributed by atoms with Gasteiger partial charge in [0.1, 0.15) is 12.0 Å². The highest BCUT2D eigenvalue weighted by molar-refractivity contribution is 6.19. The number of anilines is 1. The number of rotatable bonds is 6. The van der Waals surface area contributed by atoms with Crippen molar-refractivity contribution in [3.8, 4) is 5.75 Å². The molecule has 1 aromatic carbocycles. The number of esters is 1. The molecule has 0 radical (unpaired) electrons. The van der Waals surface area contributed by atoms with Gasteiger partial charge in [-0.05, 0) is 12.1 Å². The van der Waals surface area contributed by atoms with Gasteiger partial charge in [-0.15, -0.1) is 11.6 Å². The zero-order chi connectivity index (χ0) is 19.3. The Hall–Kier alpha value is -2.55. The van der Waals surface area contributed by atoms with Gasteiger partial charge >= 0.3 is 18.2 Å². The molecule has 1 amide bonds. The number of amides is 1. The minimum absolute atomic E-state index is 0.0156. The third-order valence-corrected chi connectivity index (χ3v) is 3.59. The topological polar surface area (TPSA) is 81.4 Å². The Morgan fingerprint density at radius 1 is 1.35 bits per heavy atom. The smallest absolute Gasteiger partial charge is 0.394 e. The van der Waals surface area contributed by atoms with Crippen LogP contribution in [0.5, 0.6) is 5.75 Å². The van der Waals surface area contributed by atoms with Crippen LogP contribution in [-0.2, 0) is 11.2 Å². The zero-order valence-corrected chi connectivity index (χ0v) is 14.2. The van der Waals surface area contributed by atoms with Crippen molar-refractivity contribution in [1.82, 2.24) is 4.98 Å². The Labute approximate surface area is 151 Å². The fourth-order valence-electron chi connectivity index (χ4n) is 1.83. The maximum atomic E-state index is 12.3. The predicted molar refractivity (Wildman–Crippen MR) is 86.2 cm³/mol. The number of nitrogens with one attached hydrogen (secondary N) is 1. The Kier molecular flexibility index (Phi) is 6.25.